The number of hydrogen-bond acceptors (Lipinski definition) is 9. The van der Waals surface area contributed by atoms with Gasteiger partial charge in [0.15, 0.2) is 22.7 Å². The molecule has 0 spiro atoms. The third kappa shape index (κ3) is 3.42. The highest BCUT2D eigenvalue weighted by atomic mass is 16.6. The molecule has 10 heteroatoms. The Kier molecular flexibility index (Phi) is 5.14. The van der Waals surface area contributed by atoms with Crippen molar-refractivity contribution in [1.29, 1.82) is 0 Å². The molecule has 3 atom stereocenters. The molecule has 4 N–H and O–H groups in total. The maximum absolute atomic E-state index is 11.0. The number of nitrogens with one attached hydrogen (secondary N) is 1. The number of aromatic nitrogens is 4. The zero-order valence-corrected chi connectivity index (χ0v) is 15.5. The van der Waals surface area contributed by atoms with Crippen LogP contribution in [0.15, 0.2) is 36.7 Å². The monoisotopic (exact) mass is 397 g/mol. The van der Waals surface area contributed by atoms with Crippen LogP contribution in [0.1, 0.15) is 11.4 Å². The highest BCUT2D eigenvalue weighted by Crippen LogP contribution is 2.32. The molecule has 2 aromatic heterocycles. The fourth-order valence-corrected chi connectivity index (χ4v) is 3.13. The molecule has 1 saturated heterocycles. The minimum absolute atomic E-state index is 0.165. The van der Waals surface area contributed by atoms with Crippen molar-refractivity contribution in [1.82, 2.24) is 19.5 Å². The Morgan fingerprint density at radius 3 is 2.79 bits per heavy atom. The Morgan fingerprint density at radius 1 is 1.31 bits per heavy atom. The first-order chi connectivity index (χ1) is 14.1. The lowest BCUT2D eigenvalue weighted by Gasteiger charge is -2.27. The van der Waals surface area contributed by atoms with Crippen LogP contribution in [0.25, 0.3) is 11.2 Å². The van der Waals surface area contributed by atoms with Crippen molar-refractivity contribution < 1.29 is 24.9 Å². The topological polar surface area (TPSA) is 135 Å². The van der Waals surface area contributed by atoms with E-state index in [1.807, 2.05) is 30.3 Å². The highest BCUT2D eigenvalue weighted by molar-refractivity contribution is 5.83. The molecule has 0 aliphatic carbocycles. The molecule has 1 aliphatic rings. The van der Waals surface area contributed by atoms with Crippen molar-refractivity contribution in [3.63, 3.8) is 0 Å². The Balaban J connectivity index is 1.82. The number of anilines is 1. The van der Waals surface area contributed by atoms with Gasteiger partial charge in [0.25, 0.3) is 0 Å². The van der Waals surface area contributed by atoms with Gasteiger partial charge in [0.2, 0.25) is 5.82 Å². The van der Waals surface area contributed by atoms with Crippen molar-refractivity contribution in [2.45, 2.75) is 17.9 Å². The van der Waals surface area contributed by atoms with Crippen molar-refractivity contribution in [3.05, 3.63) is 48.0 Å². The van der Waals surface area contributed by atoms with E-state index in [0.29, 0.717) is 5.52 Å². The molecule has 0 bridgehead atoms. The van der Waals surface area contributed by atoms with E-state index in [4.69, 9.17) is 9.57 Å². The molecule has 1 aliphatic heterocycles. The Bertz CT molecular complexity index is 1080. The molecule has 1 aromatic carbocycles. The number of benzene rings is 1. The number of ether oxygens (including phenoxy) is 1. The molecular formula is C19H19N5O5. The van der Waals surface area contributed by atoms with Crippen LogP contribution in [0.4, 0.5) is 5.82 Å². The van der Waals surface area contributed by atoms with Gasteiger partial charge in [0.1, 0.15) is 12.2 Å². The summed E-state index contributed by atoms with van der Waals surface area (Å²) in [4.78, 5) is 17.9. The third-order valence-electron chi connectivity index (χ3n) is 4.62. The van der Waals surface area contributed by atoms with E-state index in [2.05, 4.69) is 32.3 Å². The summed E-state index contributed by atoms with van der Waals surface area (Å²) >= 11 is 0. The maximum Gasteiger partial charge on any atom is 0.209 e. The predicted octanol–water partition coefficient (Wildman–Crippen LogP) is -0.404. The summed E-state index contributed by atoms with van der Waals surface area (Å²) in [6.07, 6.45) is -0.980. The number of hydrogen-bond donors (Lipinski definition) is 4. The minimum Gasteiger partial charge on any atom is -0.394 e. The average Bonchev–Trinajstić information content (AvgIpc) is 3.30. The van der Waals surface area contributed by atoms with Gasteiger partial charge in [-0.2, -0.15) is 4.98 Å². The molecule has 1 fully saturated rings. The van der Waals surface area contributed by atoms with Gasteiger partial charge in [0.05, 0.1) is 26.7 Å². The van der Waals surface area contributed by atoms with E-state index < -0.39 is 24.5 Å². The lowest BCUT2D eigenvalue weighted by molar-refractivity contribution is -0.110. The fourth-order valence-electron chi connectivity index (χ4n) is 3.13. The van der Waals surface area contributed by atoms with Gasteiger partial charge in [0, 0.05) is 5.56 Å². The summed E-state index contributed by atoms with van der Waals surface area (Å²) in [6, 6.07) is 9.34. The van der Waals surface area contributed by atoms with E-state index >= 15 is 0 Å². The molecule has 0 radical (unpaired) electrons. The van der Waals surface area contributed by atoms with E-state index in [1.165, 1.54) is 18.0 Å². The quantitative estimate of drug-likeness (QED) is 0.342. The predicted molar refractivity (Wildman–Crippen MR) is 101 cm³/mol. The van der Waals surface area contributed by atoms with Crippen LogP contribution in [-0.2, 0) is 15.3 Å². The summed E-state index contributed by atoms with van der Waals surface area (Å²) < 4.78 is 6.60. The summed E-state index contributed by atoms with van der Waals surface area (Å²) in [5, 5.41) is 30.8. The van der Waals surface area contributed by atoms with Crippen LogP contribution >= 0.6 is 0 Å². The number of nitrogens with zero attached hydrogens (tertiary/aromatic N) is 4. The maximum atomic E-state index is 11.0. The molecule has 29 heavy (non-hydrogen) atoms. The van der Waals surface area contributed by atoms with Crippen LogP contribution in [0.5, 0.6) is 0 Å². The molecule has 0 saturated carbocycles. The first-order valence-electron chi connectivity index (χ1n) is 8.81. The smallest absolute Gasteiger partial charge is 0.209 e. The molecule has 3 heterocycles. The number of imidazole rings is 1. The van der Waals surface area contributed by atoms with Gasteiger partial charge >= 0.3 is 0 Å². The van der Waals surface area contributed by atoms with E-state index in [-0.39, 0.29) is 23.9 Å². The zero-order chi connectivity index (χ0) is 20.4. The SMILES string of the molecule is CONc1nc(C#Cc2ccccc2)nc2c1ncn2[C@]1(O)CO[C@H](CO)[C@H]1O. The second-order valence-electron chi connectivity index (χ2n) is 6.46. The standard InChI is InChI=1S/C19H19N5O5/c1-28-23-17-15-18(22-14(21-17)8-7-12-5-3-2-4-6-12)24(11-20-15)19(27)10-29-13(9-25)16(19)26/h2-6,11,13,16,25-27H,9-10H2,1H3,(H,21,22,23)/t13-,16-,19+/m1/s1. The molecule has 0 amide bonds. The second-order valence-corrected chi connectivity index (χ2v) is 6.46. The number of aliphatic hydroxyl groups excluding tert-OH is 2. The summed E-state index contributed by atoms with van der Waals surface area (Å²) in [5.41, 5.74) is 2.09. The minimum atomic E-state index is -1.86. The van der Waals surface area contributed by atoms with E-state index in [0.717, 1.165) is 5.56 Å². The molecule has 3 aromatic rings. The molecule has 4 rings (SSSR count). The first-order valence-corrected chi connectivity index (χ1v) is 8.81. The summed E-state index contributed by atoms with van der Waals surface area (Å²) in [7, 11) is 1.42. The lowest BCUT2D eigenvalue weighted by Crippen LogP contribution is -2.46. The van der Waals surface area contributed by atoms with Gasteiger partial charge in [-0.05, 0) is 18.1 Å². The normalized spacial score (nSPS) is 23.7. The highest BCUT2D eigenvalue weighted by Gasteiger charge is 2.50. The second kappa shape index (κ2) is 7.75. The number of aliphatic hydroxyl groups is 3. The van der Waals surface area contributed by atoms with E-state index in [9.17, 15) is 15.3 Å². The van der Waals surface area contributed by atoms with Crippen molar-refractivity contribution in [2.24, 2.45) is 0 Å². The van der Waals surface area contributed by atoms with Crippen molar-refractivity contribution in [3.8, 4) is 11.8 Å². The Morgan fingerprint density at radius 2 is 2.10 bits per heavy atom. The van der Waals surface area contributed by atoms with E-state index in [1.54, 1.807) is 0 Å². The summed E-state index contributed by atoms with van der Waals surface area (Å²) in [6.45, 7) is -0.678. The lowest BCUT2D eigenvalue weighted by atomic mass is 10.1. The third-order valence-corrected chi connectivity index (χ3v) is 4.62. The number of fused-ring (bicyclic) bond motifs is 1. The fraction of sp³-hybridized carbons (Fsp3) is 0.316. The molecule has 10 nitrogen and oxygen atoms in total. The van der Waals surface area contributed by atoms with Gasteiger partial charge < -0.3 is 20.1 Å². The van der Waals surface area contributed by atoms with Crippen LogP contribution in [0.2, 0.25) is 0 Å². The largest absolute Gasteiger partial charge is 0.394 e. The van der Waals surface area contributed by atoms with Crippen molar-refractivity contribution >= 4 is 17.0 Å². The zero-order valence-electron chi connectivity index (χ0n) is 15.5. The van der Waals surface area contributed by atoms with Crippen LogP contribution in [0.3, 0.4) is 0 Å². The molecule has 0 unspecified atom stereocenters. The van der Waals surface area contributed by atoms with Crippen LogP contribution in [-0.4, -0.2) is 67.4 Å². The Hall–Kier alpha value is -3.07. The van der Waals surface area contributed by atoms with Gasteiger partial charge in [-0.3, -0.25) is 9.40 Å². The van der Waals surface area contributed by atoms with Crippen LogP contribution in [0, 0.1) is 11.8 Å². The average molecular weight is 397 g/mol. The Labute approximate surface area is 165 Å². The number of rotatable bonds is 4. The molecule has 150 valence electrons. The van der Waals surface area contributed by atoms with Crippen LogP contribution < -0.4 is 5.48 Å². The van der Waals surface area contributed by atoms with Crippen molar-refractivity contribution in [2.75, 3.05) is 25.8 Å². The van der Waals surface area contributed by atoms with Gasteiger partial charge in [-0.25, -0.2) is 15.4 Å². The molecular weight excluding hydrogens is 378 g/mol. The van der Waals surface area contributed by atoms with Gasteiger partial charge in [-0.15, -0.1) is 0 Å². The summed E-state index contributed by atoms with van der Waals surface area (Å²) in [5.74, 6) is 6.27. The van der Waals surface area contributed by atoms with Gasteiger partial charge in [-0.1, -0.05) is 24.1 Å². The first kappa shape index (κ1) is 19.3.